The molecule has 142 valence electrons. The van der Waals surface area contributed by atoms with Gasteiger partial charge in [-0.05, 0) is 50.3 Å². The van der Waals surface area contributed by atoms with Gasteiger partial charge in [-0.25, -0.2) is 0 Å². The number of ether oxygens (including phenoxy) is 1. The summed E-state index contributed by atoms with van der Waals surface area (Å²) < 4.78 is 5.44. The SMILES string of the molecule is CCOc1ccc(CC(=O)N2CCC[C@H]2C(=O)NC2CCCCC2)cc1. The first-order valence-corrected chi connectivity index (χ1v) is 9.99. The number of hydrogen-bond acceptors (Lipinski definition) is 3. The van der Waals surface area contributed by atoms with Crippen LogP contribution < -0.4 is 10.1 Å². The second kappa shape index (κ2) is 9.06. The lowest BCUT2D eigenvalue weighted by Gasteiger charge is -2.28. The first kappa shape index (κ1) is 18.7. The van der Waals surface area contributed by atoms with Crippen molar-refractivity contribution in [1.82, 2.24) is 10.2 Å². The number of benzene rings is 1. The molecule has 0 bridgehead atoms. The summed E-state index contributed by atoms with van der Waals surface area (Å²) in [5, 5.41) is 3.18. The molecule has 1 N–H and O–H groups in total. The van der Waals surface area contributed by atoms with Gasteiger partial charge in [-0.1, -0.05) is 31.4 Å². The van der Waals surface area contributed by atoms with E-state index in [2.05, 4.69) is 5.32 Å². The molecule has 1 saturated heterocycles. The predicted octanol–water partition coefficient (Wildman–Crippen LogP) is 3.07. The van der Waals surface area contributed by atoms with Crippen LogP contribution in [-0.4, -0.2) is 41.9 Å². The fourth-order valence-electron chi connectivity index (χ4n) is 4.03. The Balaban J connectivity index is 1.56. The van der Waals surface area contributed by atoms with Crippen molar-refractivity contribution < 1.29 is 14.3 Å². The molecular formula is C21H30N2O3. The Hall–Kier alpha value is -2.04. The second-order valence-electron chi connectivity index (χ2n) is 7.34. The van der Waals surface area contributed by atoms with Crippen molar-refractivity contribution in [2.45, 2.75) is 70.4 Å². The van der Waals surface area contributed by atoms with E-state index < -0.39 is 0 Å². The van der Waals surface area contributed by atoms with E-state index in [9.17, 15) is 9.59 Å². The van der Waals surface area contributed by atoms with Gasteiger partial charge in [-0.15, -0.1) is 0 Å². The predicted molar refractivity (Wildman–Crippen MR) is 101 cm³/mol. The van der Waals surface area contributed by atoms with Gasteiger partial charge in [0, 0.05) is 12.6 Å². The van der Waals surface area contributed by atoms with Crippen LogP contribution in [0.4, 0.5) is 0 Å². The van der Waals surface area contributed by atoms with Crippen molar-refractivity contribution in [3.8, 4) is 5.75 Å². The lowest BCUT2D eigenvalue weighted by molar-refractivity contribution is -0.138. The highest BCUT2D eigenvalue weighted by atomic mass is 16.5. The molecule has 1 aromatic carbocycles. The van der Waals surface area contributed by atoms with Crippen molar-refractivity contribution >= 4 is 11.8 Å². The zero-order chi connectivity index (χ0) is 18.4. The molecule has 0 radical (unpaired) electrons. The number of carbonyl (C=O) groups is 2. The molecule has 1 aromatic rings. The van der Waals surface area contributed by atoms with Crippen LogP contribution in [0.2, 0.25) is 0 Å². The maximum absolute atomic E-state index is 12.7. The lowest BCUT2D eigenvalue weighted by Crippen LogP contribution is -2.49. The summed E-state index contributed by atoms with van der Waals surface area (Å²) in [5.41, 5.74) is 0.955. The average molecular weight is 358 g/mol. The van der Waals surface area contributed by atoms with Gasteiger partial charge in [0.05, 0.1) is 13.0 Å². The van der Waals surface area contributed by atoms with Crippen molar-refractivity contribution in [1.29, 1.82) is 0 Å². The Morgan fingerprint density at radius 1 is 1.08 bits per heavy atom. The normalized spacial score (nSPS) is 20.8. The molecule has 0 unspecified atom stereocenters. The number of hydrogen-bond donors (Lipinski definition) is 1. The molecule has 0 aromatic heterocycles. The van der Waals surface area contributed by atoms with Crippen molar-refractivity contribution in [3.63, 3.8) is 0 Å². The Kier molecular flexibility index (Phi) is 6.53. The van der Waals surface area contributed by atoms with Gasteiger partial charge in [-0.2, -0.15) is 0 Å². The van der Waals surface area contributed by atoms with E-state index in [1.165, 1.54) is 19.3 Å². The maximum Gasteiger partial charge on any atom is 0.243 e. The summed E-state index contributed by atoms with van der Waals surface area (Å²) in [4.78, 5) is 27.2. The Bertz CT molecular complexity index is 608. The molecule has 5 nitrogen and oxygen atoms in total. The average Bonchev–Trinajstić information content (AvgIpc) is 3.14. The largest absolute Gasteiger partial charge is 0.494 e. The monoisotopic (exact) mass is 358 g/mol. The molecule has 5 heteroatoms. The Morgan fingerprint density at radius 2 is 1.81 bits per heavy atom. The molecule has 2 amide bonds. The molecule has 0 spiro atoms. The van der Waals surface area contributed by atoms with E-state index in [0.29, 0.717) is 25.6 Å². The first-order chi connectivity index (χ1) is 12.7. The standard InChI is InChI=1S/C21H30N2O3/c1-2-26-18-12-10-16(11-13-18)15-20(24)23-14-6-9-19(23)21(25)22-17-7-4-3-5-8-17/h10-13,17,19H,2-9,14-15H2,1H3,(H,22,25)/t19-/m0/s1. The third-order valence-corrected chi connectivity index (χ3v) is 5.42. The van der Waals surface area contributed by atoms with E-state index in [0.717, 1.165) is 37.0 Å². The van der Waals surface area contributed by atoms with Crippen molar-refractivity contribution in [3.05, 3.63) is 29.8 Å². The van der Waals surface area contributed by atoms with Gasteiger partial charge < -0.3 is 15.0 Å². The summed E-state index contributed by atoms with van der Waals surface area (Å²) in [6, 6.07) is 7.63. The summed E-state index contributed by atoms with van der Waals surface area (Å²) in [6.07, 6.45) is 7.79. The van der Waals surface area contributed by atoms with Crippen LogP contribution in [-0.2, 0) is 16.0 Å². The topological polar surface area (TPSA) is 58.6 Å². The highest BCUT2D eigenvalue weighted by Crippen LogP contribution is 2.22. The summed E-state index contributed by atoms with van der Waals surface area (Å²) in [6.45, 7) is 3.26. The number of nitrogens with zero attached hydrogens (tertiary/aromatic N) is 1. The van der Waals surface area contributed by atoms with E-state index >= 15 is 0 Å². The molecule has 1 aliphatic carbocycles. The summed E-state index contributed by atoms with van der Waals surface area (Å²) in [7, 11) is 0. The lowest BCUT2D eigenvalue weighted by atomic mass is 9.95. The minimum Gasteiger partial charge on any atom is -0.494 e. The number of nitrogens with one attached hydrogen (secondary N) is 1. The fraction of sp³-hybridized carbons (Fsp3) is 0.619. The zero-order valence-electron chi connectivity index (χ0n) is 15.7. The van der Waals surface area contributed by atoms with Gasteiger partial charge >= 0.3 is 0 Å². The Morgan fingerprint density at radius 3 is 2.50 bits per heavy atom. The van der Waals surface area contributed by atoms with E-state index in [1.54, 1.807) is 4.90 Å². The minimum atomic E-state index is -0.299. The van der Waals surface area contributed by atoms with Crippen molar-refractivity contribution in [2.75, 3.05) is 13.2 Å². The van der Waals surface area contributed by atoms with E-state index in [1.807, 2.05) is 31.2 Å². The van der Waals surface area contributed by atoms with Crippen molar-refractivity contribution in [2.24, 2.45) is 0 Å². The molecule has 2 aliphatic rings. The third kappa shape index (κ3) is 4.77. The minimum absolute atomic E-state index is 0.0365. The van der Waals surface area contributed by atoms with Crippen LogP contribution >= 0.6 is 0 Å². The molecular weight excluding hydrogens is 328 g/mol. The number of carbonyl (C=O) groups excluding carboxylic acids is 2. The first-order valence-electron chi connectivity index (χ1n) is 9.99. The third-order valence-electron chi connectivity index (χ3n) is 5.42. The van der Waals surface area contributed by atoms with Gasteiger partial charge in [0.1, 0.15) is 11.8 Å². The highest BCUT2D eigenvalue weighted by molar-refractivity contribution is 5.89. The quantitative estimate of drug-likeness (QED) is 0.850. The molecule has 1 atom stereocenters. The van der Waals surface area contributed by atoms with Crippen LogP contribution in [0.15, 0.2) is 24.3 Å². The van der Waals surface area contributed by atoms with Crippen LogP contribution in [0.1, 0.15) is 57.4 Å². The number of likely N-dealkylation sites (tertiary alicyclic amines) is 1. The van der Waals surface area contributed by atoms with E-state index in [-0.39, 0.29) is 17.9 Å². The van der Waals surface area contributed by atoms with Gasteiger partial charge in [0.2, 0.25) is 11.8 Å². The van der Waals surface area contributed by atoms with Crippen LogP contribution in [0.5, 0.6) is 5.75 Å². The number of rotatable bonds is 6. The smallest absolute Gasteiger partial charge is 0.243 e. The number of amides is 2. The highest BCUT2D eigenvalue weighted by Gasteiger charge is 2.34. The summed E-state index contributed by atoms with van der Waals surface area (Å²) in [5.74, 6) is 0.888. The second-order valence-corrected chi connectivity index (χ2v) is 7.34. The van der Waals surface area contributed by atoms with Crippen LogP contribution in [0.25, 0.3) is 0 Å². The Labute approximate surface area is 156 Å². The molecule has 26 heavy (non-hydrogen) atoms. The van der Waals surface area contributed by atoms with Gasteiger partial charge in [0.15, 0.2) is 0 Å². The van der Waals surface area contributed by atoms with Gasteiger partial charge in [-0.3, -0.25) is 9.59 Å². The maximum atomic E-state index is 12.7. The summed E-state index contributed by atoms with van der Waals surface area (Å²) >= 11 is 0. The molecule has 2 fully saturated rings. The van der Waals surface area contributed by atoms with Crippen LogP contribution in [0.3, 0.4) is 0 Å². The molecule has 1 heterocycles. The molecule has 1 saturated carbocycles. The molecule has 3 rings (SSSR count). The molecule has 1 aliphatic heterocycles. The van der Waals surface area contributed by atoms with Crippen LogP contribution in [0, 0.1) is 0 Å². The van der Waals surface area contributed by atoms with E-state index in [4.69, 9.17) is 4.74 Å². The van der Waals surface area contributed by atoms with Gasteiger partial charge in [0.25, 0.3) is 0 Å². The fourth-order valence-corrected chi connectivity index (χ4v) is 4.03. The zero-order valence-corrected chi connectivity index (χ0v) is 15.7.